The van der Waals surface area contributed by atoms with Gasteiger partial charge in [-0.3, -0.25) is 4.79 Å². The molecule has 0 saturated carbocycles. The lowest BCUT2D eigenvalue weighted by atomic mass is 10.0. The van der Waals surface area contributed by atoms with Crippen LogP contribution in [0.15, 0.2) is 59.5 Å². The van der Waals surface area contributed by atoms with Crippen LogP contribution in [0.25, 0.3) is 10.8 Å². The van der Waals surface area contributed by atoms with Gasteiger partial charge in [-0.2, -0.15) is 4.31 Å². The number of anilines is 3. The fourth-order valence-electron chi connectivity index (χ4n) is 4.27. The van der Waals surface area contributed by atoms with Crippen molar-refractivity contribution in [1.82, 2.24) is 4.31 Å². The number of nitrogens with zero attached hydrogens (tertiary/aromatic N) is 2. The quantitative estimate of drug-likeness (QED) is 0.660. The van der Waals surface area contributed by atoms with Crippen molar-refractivity contribution in [3.63, 3.8) is 0 Å². The fourth-order valence-corrected chi connectivity index (χ4v) is 5.68. The van der Waals surface area contributed by atoms with E-state index in [9.17, 15) is 13.2 Å². The summed E-state index contributed by atoms with van der Waals surface area (Å²) in [5.41, 5.74) is 3.29. The molecule has 0 aliphatic carbocycles. The number of nitrogens with one attached hydrogen (secondary N) is 1. The van der Waals surface area contributed by atoms with E-state index in [-0.39, 0.29) is 10.8 Å². The zero-order chi connectivity index (χ0) is 21.6. The summed E-state index contributed by atoms with van der Waals surface area (Å²) in [4.78, 5) is 14.7. The van der Waals surface area contributed by atoms with Gasteiger partial charge in [0.05, 0.1) is 23.8 Å². The van der Waals surface area contributed by atoms with E-state index in [0.29, 0.717) is 38.4 Å². The third kappa shape index (κ3) is 3.27. The number of hydrogen-bond donors (Lipinski definition) is 1. The fraction of sp³-hybridized carbons (Fsp3) is 0.261. The van der Waals surface area contributed by atoms with Gasteiger partial charge in [0.2, 0.25) is 10.0 Å². The maximum Gasteiger partial charge on any atom is 0.258 e. The van der Waals surface area contributed by atoms with Gasteiger partial charge in [-0.1, -0.05) is 12.1 Å². The number of carbonyl (C=O) groups excluding carboxylic acids is 1. The van der Waals surface area contributed by atoms with E-state index in [2.05, 4.69) is 5.32 Å². The maximum atomic E-state index is 12.8. The minimum atomic E-state index is -3.52. The van der Waals surface area contributed by atoms with E-state index in [1.807, 2.05) is 37.3 Å². The molecule has 160 valence electrons. The van der Waals surface area contributed by atoms with E-state index in [0.717, 1.165) is 27.8 Å². The van der Waals surface area contributed by atoms with Gasteiger partial charge in [0.25, 0.3) is 5.91 Å². The predicted molar refractivity (Wildman–Crippen MR) is 121 cm³/mol. The van der Waals surface area contributed by atoms with Crippen LogP contribution >= 0.6 is 0 Å². The van der Waals surface area contributed by atoms with Crippen LogP contribution < -0.4 is 10.2 Å². The monoisotopic (exact) mass is 437 g/mol. The van der Waals surface area contributed by atoms with Crippen LogP contribution in [0.3, 0.4) is 0 Å². The molecule has 1 amide bonds. The molecule has 7 nitrogen and oxygen atoms in total. The van der Waals surface area contributed by atoms with E-state index in [1.54, 1.807) is 29.2 Å². The Balaban J connectivity index is 1.45. The highest BCUT2D eigenvalue weighted by molar-refractivity contribution is 7.89. The molecule has 3 aromatic rings. The van der Waals surface area contributed by atoms with Crippen molar-refractivity contribution in [3.05, 3.63) is 60.2 Å². The molecule has 0 radical (unpaired) electrons. The Morgan fingerprint density at radius 2 is 1.74 bits per heavy atom. The molecule has 3 aromatic carbocycles. The Bertz CT molecular complexity index is 1270. The van der Waals surface area contributed by atoms with Gasteiger partial charge in [0, 0.05) is 47.3 Å². The van der Waals surface area contributed by atoms with Crippen LogP contribution in [-0.2, 0) is 14.8 Å². The summed E-state index contributed by atoms with van der Waals surface area (Å²) in [6.07, 6.45) is 0. The van der Waals surface area contributed by atoms with Gasteiger partial charge >= 0.3 is 0 Å². The third-order valence-corrected chi connectivity index (χ3v) is 7.76. The smallest absolute Gasteiger partial charge is 0.258 e. The molecular weight excluding hydrogens is 414 g/mol. The maximum absolute atomic E-state index is 12.8. The van der Waals surface area contributed by atoms with Gasteiger partial charge in [-0.25, -0.2) is 8.42 Å². The number of hydrogen-bond acceptors (Lipinski definition) is 5. The van der Waals surface area contributed by atoms with Crippen molar-refractivity contribution in [2.45, 2.75) is 11.8 Å². The zero-order valence-electron chi connectivity index (χ0n) is 17.2. The van der Waals surface area contributed by atoms with Crippen molar-refractivity contribution < 1.29 is 17.9 Å². The molecule has 0 unspecified atom stereocenters. The number of amides is 1. The number of ether oxygens (including phenoxy) is 1. The molecule has 1 saturated heterocycles. The highest BCUT2D eigenvalue weighted by Crippen LogP contribution is 2.41. The molecule has 2 aliphatic heterocycles. The van der Waals surface area contributed by atoms with Gasteiger partial charge in [-0.15, -0.1) is 0 Å². The molecule has 0 aromatic heterocycles. The Morgan fingerprint density at radius 3 is 2.45 bits per heavy atom. The van der Waals surface area contributed by atoms with Crippen LogP contribution in [0.4, 0.5) is 17.1 Å². The standard InChI is InChI=1S/C23H23N3O4S/c1-2-26-21-11-10-20(18-4-3-5-19(22(18)21)23(26)27)24-16-6-8-17(9-7-16)31(28,29)25-12-14-30-15-13-25/h3-11,24H,2,12-15H2,1H3. The Kier molecular flexibility index (Phi) is 4.92. The number of benzene rings is 3. The first-order valence-electron chi connectivity index (χ1n) is 10.3. The van der Waals surface area contributed by atoms with Crippen molar-refractivity contribution in [2.24, 2.45) is 0 Å². The lowest BCUT2D eigenvalue weighted by Crippen LogP contribution is -2.40. The second-order valence-corrected chi connectivity index (χ2v) is 9.51. The second-order valence-electron chi connectivity index (χ2n) is 7.58. The van der Waals surface area contributed by atoms with Crippen LogP contribution in [0, 0.1) is 0 Å². The molecule has 2 aliphatic rings. The molecule has 8 heteroatoms. The minimum Gasteiger partial charge on any atom is -0.379 e. The van der Waals surface area contributed by atoms with Gasteiger partial charge in [0.1, 0.15) is 0 Å². The summed E-state index contributed by atoms with van der Waals surface area (Å²) >= 11 is 0. The van der Waals surface area contributed by atoms with Crippen LogP contribution in [0.5, 0.6) is 0 Å². The van der Waals surface area contributed by atoms with Crippen LogP contribution in [0.2, 0.25) is 0 Å². The van der Waals surface area contributed by atoms with Gasteiger partial charge < -0.3 is 15.0 Å². The third-order valence-electron chi connectivity index (χ3n) is 5.84. The summed E-state index contributed by atoms with van der Waals surface area (Å²) in [6.45, 7) is 4.17. The number of sulfonamides is 1. The van der Waals surface area contributed by atoms with E-state index >= 15 is 0 Å². The minimum absolute atomic E-state index is 0.0259. The number of morpholine rings is 1. The first-order chi connectivity index (χ1) is 15.0. The second kappa shape index (κ2) is 7.64. The molecule has 0 atom stereocenters. The highest BCUT2D eigenvalue weighted by atomic mass is 32.2. The number of carbonyl (C=O) groups is 1. The van der Waals surface area contributed by atoms with Crippen molar-refractivity contribution >= 4 is 43.8 Å². The topological polar surface area (TPSA) is 79.0 Å². The molecule has 1 fully saturated rings. The molecule has 5 rings (SSSR count). The molecule has 0 spiro atoms. The van der Waals surface area contributed by atoms with E-state index < -0.39 is 10.0 Å². The average molecular weight is 438 g/mol. The summed E-state index contributed by atoms with van der Waals surface area (Å²) in [6, 6.07) is 16.4. The Hall–Kier alpha value is -2.94. The number of rotatable bonds is 5. The largest absolute Gasteiger partial charge is 0.379 e. The molecule has 31 heavy (non-hydrogen) atoms. The summed E-state index contributed by atoms with van der Waals surface area (Å²) in [7, 11) is -3.52. The van der Waals surface area contributed by atoms with E-state index in [1.165, 1.54) is 4.31 Å². The molecular formula is C23H23N3O4S. The predicted octanol–water partition coefficient (Wildman–Crippen LogP) is 3.58. The van der Waals surface area contributed by atoms with Crippen LogP contribution in [-0.4, -0.2) is 51.5 Å². The van der Waals surface area contributed by atoms with Gasteiger partial charge in [-0.05, 0) is 49.4 Å². The van der Waals surface area contributed by atoms with Gasteiger partial charge in [0.15, 0.2) is 0 Å². The molecule has 1 N–H and O–H groups in total. The van der Waals surface area contributed by atoms with Crippen molar-refractivity contribution in [2.75, 3.05) is 43.1 Å². The summed E-state index contributed by atoms with van der Waals surface area (Å²) < 4.78 is 32.3. The zero-order valence-corrected chi connectivity index (χ0v) is 18.0. The van der Waals surface area contributed by atoms with E-state index in [4.69, 9.17) is 4.74 Å². The normalized spacial score (nSPS) is 16.8. The molecule has 0 bridgehead atoms. The summed E-state index contributed by atoms with van der Waals surface area (Å²) in [5.74, 6) is 0.0259. The first-order valence-corrected chi connectivity index (χ1v) is 11.8. The molecule has 2 heterocycles. The van der Waals surface area contributed by atoms with Crippen LogP contribution in [0.1, 0.15) is 17.3 Å². The SMILES string of the molecule is CCN1C(=O)c2cccc3c(Nc4ccc(S(=O)(=O)N5CCOCC5)cc4)ccc1c23. The lowest BCUT2D eigenvalue weighted by molar-refractivity contribution is 0.0730. The average Bonchev–Trinajstić information content (AvgIpc) is 3.09. The highest BCUT2D eigenvalue weighted by Gasteiger charge is 2.29. The Labute approximate surface area is 181 Å². The van der Waals surface area contributed by atoms with Crippen molar-refractivity contribution in [3.8, 4) is 0 Å². The van der Waals surface area contributed by atoms with Crippen molar-refractivity contribution in [1.29, 1.82) is 0 Å². The Morgan fingerprint density at radius 1 is 1.00 bits per heavy atom. The first kappa shape index (κ1) is 20.0. The summed E-state index contributed by atoms with van der Waals surface area (Å²) in [5, 5.41) is 5.29. The lowest BCUT2D eigenvalue weighted by Gasteiger charge is -2.26.